The fraction of sp³-hybridized carbons (Fsp3) is 0.364. The predicted molar refractivity (Wildman–Crippen MR) is 61.3 cm³/mol. The highest BCUT2D eigenvalue weighted by Crippen LogP contribution is 2.12. The van der Waals surface area contributed by atoms with Crippen molar-refractivity contribution < 1.29 is 8.78 Å². The summed E-state index contributed by atoms with van der Waals surface area (Å²) < 4.78 is 25.7. The Labute approximate surface area is 93.4 Å². The van der Waals surface area contributed by atoms with Crippen LogP contribution >= 0.6 is 0 Å². The molecule has 0 aliphatic carbocycles. The molecule has 0 saturated heterocycles. The SMILES string of the molecule is CC(C)CN=C(N)Nc1cc(F)cc(F)c1. The van der Waals surface area contributed by atoms with Gasteiger partial charge in [0.2, 0.25) is 0 Å². The summed E-state index contributed by atoms with van der Waals surface area (Å²) >= 11 is 0. The molecule has 0 saturated carbocycles. The molecule has 5 heteroatoms. The Kier molecular flexibility index (Phi) is 4.22. The zero-order valence-electron chi connectivity index (χ0n) is 9.30. The van der Waals surface area contributed by atoms with Gasteiger partial charge in [-0.25, -0.2) is 8.78 Å². The van der Waals surface area contributed by atoms with Crippen molar-refractivity contribution >= 4 is 11.6 Å². The highest BCUT2D eigenvalue weighted by molar-refractivity contribution is 5.92. The zero-order valence-corrected chi connectivity index (χ0v) is 9.30. The van der Waals surface area contributed by atoms with E-state index in [1.165, 1.54) is 0 Å². The van der Waals surface area contributed by atoms with Crippen molar-refractivity contribution in [2.24, 2.45) is 16.6 Å². The van der Waals surface area contributed by atoms with Crippen molar-refractivity contribution in [2.75, 3.05) is 11.9 Å². The fourth-order valence-electron chi connectivity index (χ4n) is 1.09. The number of benzene rings is 1. The molecule has 1 aromatic carbocycles. The maximum Gasteiger partial charge on any atom is 0.193 e. The van der Waals surface area contributed by atoms with Crippen LogP contribution in [0.4, 0.5) is 14.5 Å². The quantitative estimate of drug-likeness (QED) is 0.615. The molecule has 0 bridgehead atoms. The first-order chi connectivity index (χ1) is 7.47. The van der Waals surface area contributed by atoms with E-state index in [1.54, 1.807) is 0 Å². The van der Waals surface area contributed by atoms with Gasteiger partial charge in [0.05, 0.1) is 0 Å². The van der Waals surface area contributed by atoms with Gasteiger partial charge >= 0.3 is 0 Å². The van der Waals surface area contributed by atoms with Crippen molar-refractivity contribution in [2.45, 2.75) is 13.8 Å². The summed E-state index contributed by atoms with van der Waals surface area (Å²) in [5.74, 6) is -0.776. The smallest absolute Gasteiger partial charge is 0.193 e. The van der Waals surface area contributed by atoms with Crippen LogP contribution in [-0.2, 0) is 0 Å². The van der Waals surface area contributed by atoms with Crippen LogP contribution in [0.15, 0.2) is 23.2 Å². The molecule has 0 unspecified atom stereocenters. The van der Waals surface area contributed by atoms with Crippen molar-refractivity contribution in [3.63, 3.8) is 0 Å². The Morgan fingerprint density at radius 3 is 2.38 bits per heavy atom. The summed E-state index contributed by atoms with van der Waals surface area (Å²) in [6.07, 6.45) is 0. The van der Waals surface area contributed by atoms with Gasteiger partial charge < -0.3 is 11.1 Å². The third-order valence-corrected chi connectivity index (χ3v) is 1.76. The molecule has 0 radical (unpaired) electrons. The first-order valence-corrected chi connectivity index (χ1v) is 5.00. The van der Waals surface area contributed by atoms with E-state index in [9.17, 15) is 8.78 Å². The lowest BCUT2D eigenvalue weighted by Crippen LogP contribution is -2.23. The van der Waals surface area contributed by atoms with Crippen LogP contribution < -0.4 is 11.1 Å². The number of nitrogens with one attached hydrogen (secondary N) is 1. The van der Waals surface area contributed by atoms with E-state index in [-0.39, 0.29) is 11.6 Å². The zero-order chi connectivity index (χ0) is 12.1. The van der Waals surface area contributed by atoms with E-state index in [2.05, 4.69) is 10.3 Å². The Balaban J connectivity index is 2.69. The largest absolute Gasteiger partial charge is 0.370 e. The van der Waals surface area contributed by atoms with Gasteiger partial charge in [-0.1, -0.05) is 13.8 Å². The third kappa shape index (κ3) is 4.25. The molecular formula is C11H15F2N3. The fourth-order valence-corrected chi connectivity index (χ4v) is 1.09. The van der Waals surface area contributed by atoms with Gasteiger partial charge in [-0.3, -0.25) is 4.99 Å². The monoisotopic (exact) mass is 227 g/mol. The second kappa shape index (κ2) is 5.44. The van der Waals surface area contributed by atoms with Crippen LogP contribution in [0.25, 0.3) is 0 Å². The van der Waals surface area contributed by atoms with Gasteiger partial charge in [-0.2, -0.15) is 0 Å². The maximum atomic E-state index is 12.8. The second-order valence-electron chi connectivity index (χ2n) is 3.90. The number of aliphatic imine (C=N–C) groups is 1. The van der Waals surface area contributed by atoms with Gasteiger partial charge in [0.15, 0.2) is 5.96 Å². The minimum Gasteiger partial charge on any atom is -0.370 e. The molecule has 0 fully saturated rings. The van der Waals surface area contributed by atoms with Gasteiger partial charge in [0, 0.05) is 18.3 Å². The van der Waals surface area contributed by atoms with Crippen molar-refractivity contribution in [3.05, 3.63) is 29.8 Å². The number of nitrogens with zero attached hydrogens (tertiary/aromatic N) is 1. The van der Waals surface area contributed by atoms with Gasteiger partial charge in [0.25, 0.3) is 0 Å². The number of halogens is 2. The first kappa shape index (κ1) is 12.4. The Morgan fingerprint density at radius 1 is 1.31 bits per heavy atom. The number of nitrogens with two attached hydrogens (primary N) is 1. The Morgan fingerprint density at radius 2 is 1.88 bits per heavy atom. The van der Waals surface area contributed by atoms with E-state index >= 15 is 0 Å². The van der Waals surface area contributed by atoms with Gasteiger partial charge in [0.1, 0.15) is 11.6 Å². The van der Waals surface area contributed by atoms with Crippen LogP contribution in [0.1, 0.15) is 13.8 Å². The number of guanidine groups is 1. The molecule has 0 spiro atoms. The van der Waals surface area contributed by atoms with E-state index < -0.39 is 11.6 Å². The molecular weight excluding hydrogens is 212 g/mol. The van der Waals surface area contributed by atoms with Crippen LogP contribution in [0.2, 0.25) is 0 Å². The van der Waals surface area contributed by atoms with Gasteiger partial charge in [-0.15, -0.1) is 0 Å². The lowest BCUT2D eigenvalue weighted by Gasteiger charge is -2.06. The molecule has 0 aliphatic heterocycles. The third-order valence-electron chi connectivity index (χ3n) is 1.76. The molecule has 1 rings (SSSR count). The average Bonchev–Trinajstić information content (AvgIpc) is 2.12. The standard InChI is InChI=1S/C11H15F2N3/c1-7(2)6-15-11(14)16-10-4-8(12)3-9(13)5-10/h3-5,7H,6H2,1-2H3,(H3,14,15,16). The number of rotatable bonds is 3. The summed E-state index contributed by atoms with van der Waals surface area (Å²) in [5.41, 5.74) is 5.80. The Bertz CT molecular complexity index is 369. The van der Waals surface area contributed by atoms with Crippen LogP contribution in [0.3, 0.4) is 0 Å². The number of hydrogen-bond donors (Lipinski definition) is 2. The molecule has 0 amide bonds. The number of anilines is 1. The maximum absolute atomic E-state index is 12.8. The summed E-state index contributed by atoms with van der Waals surface area (Å²) in [7, 11) is 0. The molecule has 3 N–H and O–H groups in total. The van der Waals surface area contributed by atoms with Crippen molar-refractivity contribution in [3.8, 4) is 0 Å². The second-order valence-corrected chi connectivity index (χ2v) is 3.90. The van der Waals surface area contributed by atoms with E-state index in [4.69, 9.17) is 5.73 Å². The molecule has 3 nitrogen and oxygen atoms in total. The lowest BCUT2D eigenvalue weighted by molar-refractivity contribution is 0.584. The summed E-state index contributed by atoms with van der Waals surface area (Å²) in [6.45, 7) is 4.56. The van der Waals surface area contributed by atoms with Gasteiger partial charge in [-0.05, 0) is 18.1 Å². The van der Waals surface area contributed by atoms with Crippen LogP contribution in [0, 0.1) is 17.6 Å². The highest BCUT2D eigenvalue weighted by atomic mass is 19.1. The summed E-state index contributed by atoms with van der Waals surface area (Å²) in [4.78, 5) is 4.02. The molecule has 0 atom stereocenters. The Hall–Kier alpha value is -1.65. The normalized spacial score (nSPS) is 11.9. The average molecular weight is 227 g/mol. The summed E-state index contributed by atoms with van der Waals surface area (Å²) in [5, 5.41) is 2.63. The summed E-state index contributed by atoms with van der Waals surface area (Å²) in [6, 6.07) is 3.11. The van der Waals surface area contributed by atoms with Crippen LogP contribution in [-0.4, -0.2) is 12.5 Å². The molecule has 0 aromatic heterocycles. The van der Waals surface area contributed by atoms with Crippen LogP contribution in [0.5, 0.6) is 0 Å². The molecule has 0 aliphatic rings. The number of hydrogen-bond acceptors (Lipinski definition) is 1. The molecule has 0 heterocycles. The highest BCUT2D eigenvalue weighted by Gasteiger charge is 2.01. The molecule has 1 aromatic rings. The minimum atomic E-state index is -0.654. The predicted octanol–water partition coefficient (Wildman–Crippen LogP) is 2.35. The van der Waals surface area contributed by atoms with E-state index in [0.717, 1.165) is 18.2 Å². The minimum absolute atomic E-state index is 0.152. The molecule has 16 heavy (non-hydrogen) atoms. The van der Waals surface area contributed by atoms with Crippen molar-refractivity contribution in [1.29, 1.82) is 0 Å². The van der Waals surface area contributed by atoms with E-state index in [1.807, 2.05) is 13.8 Å². The van der Waals surface area contributed by atoms with Crippen molar-refractivity contribution in [1.82, 2.24) is 0 Å². The topological polar surface area (TPSA) is 50.4 Å². The van der Waals surface area contributed by atoms with E-state index in [0.29, 0.717) is 12.5 Å². The molecule has 88 valence electrons. The lowest BCUT2D eigenvalue weighted by atomic mass is 10.2. The first-order valence-electron chi connectivity index (χ1n) is 5.00.